The van der Waals surface area contributed by atoms with Crippen molar-refractivity contribution < 1.29 is 4.39 Å². The molecule has 0 aliphatic rings. The maximum absolute atomic E-state index is 13.4. The zero-order valence-electron chi connectivity index (χ0n) is 11.6. The molecule has 0 fully saturated rings. The van der Waals surface area contributed by atoms with Crippen LogP contribution in [0.2, 0.25) is 0 Å². The smallest absolute Gasteiger partial charge is 0.123 e. The molecular formula is C17H19BrFN. The molecule has 0 radical (unpaired) electrons. The van der Waals surface area contributed by atoms with E-state index in [-0.39, 0.29) is 11.9 Å². The third-order valence-electron chi connectivity index (χ3n) is 3.45. The molecule has 0 aromatic heterocycles. The van der Waals surface area contributed by atoms with Gasteiger partial charge in [-0.2, -0.15) is 0 Å². The summed E-state index contributed by atoms with van der Waals surface area (Å²) in [7, 11) is 0. The molecule has 20 heavy (non-hydrogen) atoms. The summed E-state index contributed by atoms with van der Waals surface area (Å²) in [6.45, 7) is 2.19. The number of nitrogens with two attached hydrogens (primary N) is 1. The maximum Gasteiger partial charge on any atom is 0.123 e. The minimum atomic E-state index is -0.319. The molecule has 2 aromatic rings. The SMILES string of the molecule is CCCCc1ccc(C(N)c2cc(F)ccc2Br)cc1. The topological polar surface area (TPSA) is 26.0 Å². The molecule has 0 spiro atoms. The van der Waals surface area contributed by atoms with Gasteiger partial charge in [-0.15, -0.1) is 0 Å². The van der Waals surface area contributed by atoms with Gasteiger partial charge in [0.2, 0.25) is 0 Å². The fourth-order valence-corrected chi connectivity index (χ4v) is 2.70. The predicted octanol–water partition coefficient (Wildman–Crippen LogP) is 4.98. The third kappa shape index (κ3) is 3.68. The molecule has 2 aromatic carbocycles. The van der Waals surface area contributed by atoms with E-state index in [9.17, 15) is 4.39 Å². The molecular weight excluding hydrogens is 317 g/mol. The van der Waals surface area contributed by atoms with Gasteiger partial charge in [0.05, 0.1) is 6.04 Å². The molecule has 0 saturated carbocycles. The van der Waals surface area contributed by atoms with E-state index in [0.717, 1.165) is 22.0 Å². The summed E-state index contributed by atoms with van der Waals surface area (Å²) in [4.78, 5) is 0. The van der Waals surface area contributed by atoms with Crippen LogP contribution in [0.15, 0.2) is 46.9 Å². The lowest BCUT2D eigenvalue weighted by molar-refractivity contribution is 0.623. The first-order valence-electron chi connectivity index (χ1n) is 6.91. The van der Waals surface area contributed by atoms with E-state index < -0.39 is 0 Å². The van der Waals surface area contributed by atoms with Gasteiger partial charge in [0.25, 0.3) is 0 Å². The minimum absolute atomic E-state index is 0.266. The fraction of sp³-hybridized carbons (Fsp3) is 0.294. The summed E-state index contributed by atoms with van der Waals surface area (Å²) in [5.74, 6) is -0.266. The second-order valence-corrected chi connectivity index (χ2v) is 5.84. The van der Waals surface area contributed by atoms with Gasteiger partial charge in [-0.3, -0.25) is 0 Å². The first-order chi connectivity index (χ1) is 9.61. The Labute approximate surface area is 128 Å². The highest BCUT2D eigenvalue weighted by atomic mass is 79.9. The highest BCUT2D eigenvalue weighted by Crippen LogP contribution is 2.27. The lowest BCUT2D eigenvalue weighted by Crippen LogP contribution is -2.12. The number of hydrogen-bond acceptors (Lipinski definition) is 1. The van der Waals surface area contributed by atoms with Gasteiger partial charge < -0.3 is 5.73 Å². The molecule has 0 amide bonds. The van der Waals surface area contributed by atoms with Crippen LogP contribution in [0.1, 0.15) is 42.5 Å². The van der Waals surface area contributed by atoms with Crippen LogP contribution >= 0.6 is 15.9 Å². The van der Waals surface area contributed by atoms with Crippen LogP contribution < -0.4 is 5.73 Å². The van der Waals surface area contributed by atoms with Crippen LogP contribution in [0.5, 0.6) is 0 Å². The highest BCUT2D eigenvalue weighted by molar-refractivity contribution is 9.10. The highest BCUT2D eigenvalue weighted by Gasteiger charge is 2.13. The van der Waals surface area contributed by atoms with Gasteiger partial charge in [-0.1, -0.05) is 53.5 Å². The van der Waals surface area contributed by atoms with Crippen LogP contribution in [0, 0.1) is 5.82 Å². The van der Waals surface area contributed by atoms with E-state index in [4.69, 9.17) is 5.73 Å². The third-order valence-corrected chi connectivity index (χ3v) is 4.17. The summed E-state index contributed by atoms with van der Waals surface area (Å²) in [6.07, 6.45) is 3.48. The van der Waals surface area contributed by atoms with Crippen molar-refractivity contribution in [2.75, 3.05) is 0 Å². The van der Waals surface area contributed by atoms with Crippen molar-refractivity contribution in [2.45, 2.75) is 32.2 Å². The first kappa shape index (κ1) is 15.2. The molecule has 0 saturated heterocycles. The van der Waals surface area contributed by atoms with Crippen molar-refractivity contribution in [3.8, 4) is 0 Å². The average Bonchev–Trinajstić information content (AvgIpc) is 2.47. The lowest BCUT2D eigenvalue weighted by atomic mass is 9.97. The van der Waals surface area contributed by atoms with Crippen molar-refractivity contribution in [2.24, 2.45) is 5.73 Å². The van der Waals surface area contributed by atoms with Gasteiger partial charge >= 0.3 is 0 Å². The Hall–Kier alpha value is -1.19. The van der Waals surface area contributed by atoms with Crippen LogP contribution in [-0.4, -0.2) is 0 Å². The lowest BCUT2D eigenvalue weighted by Gasteiger charge is -2.15. The second kappa shape index (κ2) is 7.00. The predicted molar refractivity (Wildman–Crippen MR) is 85.2 cm³/mol. The number of rotatable bonds is 5. The Morgan fingerprint density at radius 3 is 2.50 bits per heavy atom. The van der Waals surface area contributed by atoms with Crippen LogP contribution in [0.4, 0.5) is 4.39 Å². The summed E-state index contributed by atoms with van der Waals surface area (Å²) >= 11 is 3.43. The summed E-state index contributed by atoms with van der Waals surface area (Å²) in [5, 5.41) is 0. The quantitative estimate of drug-likeness (QED) is 0.819. The Morgan fingerprint density at radius 2 is 1.85 bits per heavy atom. The van der Waals surface area contributed by atoms with E-state index in [1.54, 1.807) is 6.07 Å². The van der Waals surface area contributed by atoms with Crippen molar-refractivity contribution in [3.63, 3.8) is 0 Å². The van der Waals surface area contributed by atoms with E-state index in [1.165, 1.54) is 30.5 Å². The normalized spacial score (nSPS) is 12.4. The molecule has 106 valence electrons. The van der Waals surface area contributed by atoms with Crippen LogP contribution in [0.25, 0.3) is 0 Å². The molecule has 0 aliphatic carbocycles. The molecule has 1 unspecified atom stereocenters. The van der Waals surface area contributed by atoms with Crippen LogP contribution in [-0.2, 0) is 6.42 Å². The summed E-state index contributed by atoms with van der Waals surface area (Å²) in [5.41, 5.74) is 9.33. The van der Waals surface area contributed by atoms with Gasteiger partial charge in [0.1, 0.15) is 5.82 Å². The Balaban J connectivity index is 2.20. The summed E-state index contributed by atoms with van der Waals surface area (Å²) in [6, 6.07) is 12.6. The Bertz CT molecular complexity index is 566. The van der Waals surface area contributed by atoms with Crippen molar-refractivity contribution >= 4 is 15.9 Å². The van der Waals surface area contributed by atoms with Crippen LogP contribution in [0.3, 0.4) is 0 Å². The molecule has 3 heteroatoms. The average molecular weight is 336 g/mol. The Morgan fingerprint density at radius 1 is 1.15 bits per heavy atom. The first-order valence-corrected chi connectivity index (χ1v) is 7.70. The van der Waals surface area contributed by atoms with Gasteiger partial charge in [-0.25, -0.2) is 4.39 Å². The maximum atomic E-state index is 13.4. The van der Waals surface area contributed by atoms with E-state index in [0.29, 0.717) is 0 Å². The molecule has 1 atom stereocenters. The van der Waals surface area contributed by atoms with Crippen molar-refractivity contribution in [1.29, 1.82) is 0 Å². The fourth-order valence-electron chi connectivity index (χ4n) is 2.21. The van der Waals surface area contributed by atoms with E-state index in [1.807, 2.05) is 12.1 Å². The molecule has 0 bridgehead atoms. The Kier molecular flexibility index (Phi) is 5.32. The van der Waals surface area contributed by atoms with Gasteiger partial charge in [-0.05, 0) is 47.7 Å². The second-order valence-electron chi connectivity index (χ2n) is 4.99. The number of aryl methyl sites for hydroxylation is 1. The largest absolute Gasteiger partial charge is 0.320 e. The minimum Gasteiger partial charge on any atom is -0.320 e. The van der Waals surface area contributed by atoms with Gasteiger partial charge in [0, 0.05) is 4.47 Å². The number of hydrogen-bond donors (Lipinski definition) is 1. The number of unbranched alkanes of at least 4 members (excludes halogenated alkanes) is 1. The molecule has 0 heterocycles. The standard InChI is InChI=1S/C17H19BrFN/c1-2-3-4-12-5-7-13(8-6-12)17(20)15-11-14(19)9-10-16(15)18/h5-11,17H,2-4,20H2,1H3. The zero-order chi connectivity index (χ0) is 14.5. The van der Waals surface area contributed by atoms with E-state index in [2.05, 4.69) is 35.0 Å². The number of benzene rings is 2. The molecule has 2 N–H and O–H groups in total. The monoisotopic (exact) mass is 335 g/mol. The van der Waals surface area contributed by atoms with Gasteiger partial charge in [0.15, 0.2) is 0 Å². The van der Waals surface area contributed by atoms with Crippen molar-refractivity contribution in [3.05, 3.63) is 69.4 Å². The molecule has 1 nitrogen and oxygen atoms in total. The zero-order valence-corrected chi connectivity index (χ0v) is 13.2. The summed E-state index contributed by atoms with van der Waals surface area (Å²) < 4.78 is 14.2. The number of halogens is 2. The molecule has 0 aliphatic heterocycles. The van der Waals surface area contributed by atoms with E-state index >= 15 is 0 Å². The van der Waals surface area contributed by atoms with Crippen molar-refractivity contribution in [1.82, 2.24) is 0 Å². The molecule has 2 rings (SSSR count).